The normalized spacial score (nSPS) is 20.9. The molecule has 15 heteroatoms. The second-order valence-corrected chi connectivity index (χ2v) is 10.3. The molecule has 0 aliphatic carbocycles. The highest BCUT2D eigenvalue weighted by molar-refractivity contribution is 7.55. The first-order valence-corrected chi connectivity index (χ1v) is 12.5. The number of nitrogens with zero attached hydrogens (tertiary/aromatic N) is 4. The molecule has 1 fully saturated rings. The SMILES string of the molecule is CC(C)CCOC(=O)C[C@H](NP(=O)(O)CO[C@H]1CO[C@@H](n2cnc3c(N)ncnc32)C1)C(=O)O. The Hall–Kier alpha value is -2.64. The second kappa shape index (κ2) is 11.2. The van der Waals surface area contributed by atoms with E-state index in [4.69, 9.17) is 19.9 Å². The molecular weight excluding hydrogens is 471 g/mol. The first-order chi connectivity index (χ1) is 16.1. The molecule has 0 saturated carbocycles. The molecule has 3 heterocycles. The third-order valence-electron chi connectivity index (χ3n) is 5.11. The van der Waals surface area contributed by atoms with Crippen LogP contribution in [0.25, 0.3) is 11.2 Å². The van der Waals surface area contributed by atoms with Crippen molar-refractivity contribution in [3.05, 3.63) is 12.7 Å². The van der Waals surface area contributed by atoms with Gasteiger partial charge in [-0.2, -0.15) is 0 Å². The number of aromatic nitrogens is 4. The van der Waals surface area contributed by atoms with Gasteiger partial charge in [0.2, 0.25) is 0 Å². The van der Waals surface area contributed by atoms with Gasteiger partial charge in [-0.15, -0.1) is 0 Å². The lowest BCUT2D eigenvalue weighted by Crippen LogP contribution is -2.38. The zero-order valence-electron chi connectivity index (χ0n) is 18.9. The third kappa shape index (κ3) is 6.93. The maximum Gasteiger partial charge on any atom is 0.321 e. The van der Waals surface area contributed by atoms with Gasteiger partial charge in [0.25, 0.3) is 7.52 Å². The zero-order valence-corrected chi connectivity index (χ0v) is 19.8. The summed E-state index contributed by atoms with van der Waals surface area (Å²) in [5.41, 5.74) is 6.70. The minimum absolute atomic E-state index is 0.134. The van der Waals surface area contributed by atoms with E-state index in [9.17, 15) is 24.2 Å². The quantitative estimate of drug-likeness (QED) is 0.236. The van der Waals surface area contributed by atoms with Gasteiger partial charge in [0, 0.05) is 6.42 Å². The Kier molecular flexibility index (Phi) is 8.55. The predicted molar refractivity (Wildman–Crippen MR) is 118 cm³/mol. The minimum Gasteiger partial charge on any atom is -0.480 e. The lowest BCUT2D eigenvalue weighted by molar-refractivity contribution is -0.149. The Bertz CT molecular complexity index is 1060. The van der Waals surface area contributed by atoms with E-state index in [0.717, 1.165) is 0 Å². The van der Waals surface area contributed by atoms with Gasteiger partial charge in [-0.05, 0) is 12.3 Å². The molecule has 2 aromatic rings. The van der Waals surface area contributed by atoms with E-state index in [0.29, 0.717) is 29.9 Å². The summed E-state index contributed by atoms with van der Waals surface area (Å²) in [7, 11) is -4.25. The van der Waals surface area contributed by atoms with Crippen LogP contribution >= 0.6 is 7.52 Å². The maximum atomic E-state index is 12.5. The Morgan fingerprint density at radius 3 is 2.85 bits per heavy atom. The number of hydrogen-bond donors (Lipinski definition) is 4. The number of carboxylic acid groups (broad SMARTS) is 1. The summed E-state index contributed by atoms with van der Waals surface area (Å²) in [6, 6.07) is -1.60. The molecule has 34 heavy (non-hydrogen) atoms. The molecule has 0 aromatic carbocycles. The number of rotatable bonds is 12. The summed E-state index contributed by atoms with van der Waals surface area (Å²) >= 11 is 0. The van der Waals surface area contributed by atoms with Crippen molar-refractivity contribution >= 4 is 36.4 Å². The van der Waals surface area contributed by atoms with E-state index >= 15 is 0 Å². The summed E-state index contributed by atoms with van der Waals surface area (Å²) in [4.78, 5) is 45.8. The monoisotopic (exact) mass is 500 g/mol. The highest BCUT2D eigenvalue weighted by Gasteiger charge is 2.34. The van der Waals surface area contributed by atoms with Crippen LogP contribution in [-0.4, -0.2) is 73.2 Å². The molecule has 1 saturated heterocycles. The fourth-order valence-electron chi connectivity index (χ4n) is 3.28. The number of anilines is 1. The van der Waals surface area contributed by atoms with Crippen molar-refractivity contribution in [2.45, 2.75) is 51.5 Å². The van der Waals surface area contributed by atoms with Crippen LogP contribution in [0.5, 0.6) is 0 Å². The van der Waals surface area contributed by atoms with Gasteiger partial charge in [0.1, 0.15) is 30.5 Å². The number of nitrogens with two attached hydrogens (primary N) is 1. The first kappa shape index (κ1) is 26.0. The van der Waals surface area contributed by atoms with Crippen molar-refractivity contribution < 1.29 is 38.4 Å². The minimum atomic E-state index is -4.25. The highest BCUT2D eigenvalue weighted by Crippen LogP contribution is 2.38. The van der Waals surface area contributed by atoms with Crippen LogP contribution in [0.4, 0.5) is 5.82 Å². The molecule has 0 spiro atoms. The van der Waals surface area contributed by atoms with Crippen LogP contribution in [0.1, 0.15) is 39.3 Å². The van der Waals surface area contributed by atoms with E-state index < -0.39 is 50.6 Å². The van der Waals surface area contributed by atoms with Gasteiger partial charge < -0.3 is 29.9 Å². The van der Waals surface area contributed by atoms with Crippen LogP contribution in [-0.2, 0) is 28.4 Å². The fourth-order valence-corrected chi connectivity index (χ4v) is 4.46. The van der Waals surface area contributed by atoms with E-state index in [1.165, 1.54) is 12.7 Å². The molecule has 1 aliphatic rings. The number of hydrogen-bond acceptors (Lipinski definition) is 10. The number of fused-ring (bicyclic) bond motifs is 1. The van der Waals surface area contributed by atoms with Crippen LogP contribution < -0.4 is 10.8 Å². The van der Waals surface area contributed by atoms with Gasteiger partial charge in [-0.1, -0.05) is 13.8 Å². The van der Waals surface area contributed by atoms with E-state index in [2.05, 4.69) is 20.0 Å². The molecule has 0 radical (unpaired) electrons. The van der Waals surface area contributed by atoms with Crippen LogP contribution in [0.2, 0.25) is 0 Å². The standard InChI is InChI=1S/C19H29N6O8P/c1-11(2)3-4-31-15(26)6-13(19(27)28)24-34(29,30)10-33-12-5-14(32-7-12)25-9-23-16-17(20)21-8-22-18(16)25/h8-9,11-14H,3-7,10H2,1-2H3,(H,27,28)(H2,20,21,22)(H2,24,29,30)/t12-,13+,14-/m1/s1. The molecule has 0 bridgehead atoms. The second-order valence-electron chi connectivity index (χ2n) is 8.35. The molecule has 1 aliphatic heterocycles. The fraction of sp³-hybridized carbons (Fsp3) is 0.632. The predicted octanol–water partition coefficient (Wildman–Crippen LogP) is 0.878. The van der Waals surface area contributed by atoms with Gasteiger partial charge in [-0.3, -0.25) is 18.7 Å². The number of carbonyl (C=O) groups is 2. The third-order valence-corrected chi connectivity index (χ3v) is 6.32. The van der Waals surface area contributed by atoms with Crippen molar-refractivity contribution in [3.63, 3.8) is 0 Å². The number of imidazole rings is 1. The smallest absolute Gasteiger partial charge is 0.321 e. The van der Waals surface area contributed by atoms with Crippen molar-refractivity contribution in [2.75, 3.05) is 25.3 Å². The number of nitrogens with one attached hydrogen (secondary N) is 1. The van der Waals surface area contributed by atoms with Crippen molar-refractivity contribution in [2.24, 2.45) is 5.92 Å². The van der Waals surface area contributed by atoms with E-state index in [1.807, 2.05) is 13.8 Å². The van der Waals surface area contributed by atoms with Gasteiger partial charge >= 0.3 is 11.9 Å². The van der Waals surface area contributed by atoms with Gasteiger partial charge in [-0.25, -0.2) is 20.0 Å². The van der Waals surface area contributed by atoms with E-state index in [1.54, 1.807) is 4.57 Å². The Balaban J connectivity index is 1.50. The zero-order chi connectivity index (χ0) is 24.9. The number of carbonyl (C=O) groups excluding carboxylic acids is 1. The molecule has 4 atom stereocenters. The first-order valence-electron chi connectivity index (χ1n) is 10.7. The summed E-state index contributed by atoms with van der Waals surface area (Å²) in [5.74, 6) is -1.68. The van der Waals surface area contributed by atoms with Crippen molar-refractivity contribution in [1.82, 2.24) is 24.6 Å². The molecule has 3 rings (SSSR count). The number of ether oxygens (including phenoxy) is 3. The Labute approximate surface area is 195 Å². The van der Waals surface area contributed by atoms with Crippen LogP contribution in [0.3, 0.4) is 0 Å². The molecular formula is C19H29N6O8P. The van der Waals surface area contributed by atoms with Crippen LogP contribution in [0.15, 0.2) is 12.7 Å². The number of carboxylic acids is 1. The summed E-state index contributed by atoms with van der Waals surface area (Å²) < 4.78 is 30.4. The highest BCUT2D eigenvalue weighted by atomic mass is 31.2. The average Bonchev–Trinajstić information content (AvgIpc) is 3.39. The largest absolute Gasteiger partial charge is 0.480 e. The molecule has 5 N–H and O–H groups in total. The Morgan fingerprint density at radius 1 is 1.38 bits per heavy atom. The molecule has 0 amide bonds. The van der Waals surface area contributed by atoms with Crippen molar-refractivity contribution in [3.8, 4) is 0 Å². The molecule has 14 nitrogen and oxygen atoms in total. The molecule has 2 aromatic heterocycles. The Morgan fingerprint density at radius 2 is 2.15 bits per heavy atom. The number of nitrogen functional groups attached to an aromatic ring is 1. The summed E-state index contributed by atoms with van der Waals surface area (Å²) in [6.45, 7) is 4.19. The average molecular weight is 500 g/mol. The lowest BCUT2D eigenvalue weighted by atomic mass is 10.1. The van der Waals surface area contributed by atoms with E-state index in [-0.39, 0.29) is 19.0 Å². The summed E-state index contributed by atoms with van der Waals surface area (Å²) in [6.07, 6.45) is 1.51. The van der Waals surface area contributed by atoms with Crippen LogP contribution in [0, 0.1) is 5.92 Å². The number of esters is 1. The van der Waals surface area contributed by atoms with Gasteiger partial charge in [0.05, 0.1) is 32.1 Å². The number of aliphatic carboxylic acids is 1. The molecule has 1 unspecified atom stereocenters. The summed E-state index contributed by atoms with van der Waals surface area (Å²) in [5, 5.41) is 11.4. The topological polar surface area (TPSA) is 201 Å². The van der Waals surface area contributed by atoms with Crippen molar-refractivity contribution in [1.29, 1.82) is 0 Å². The molecule has 188 valence electrons. The van der Waals surface area contributed by atoms with Gasteiger partial charge in [0.15, 0.2) is 11.5 Å². The maximum absolute atomic E-state index is 12.5. The lowest BCUT2D eigenvalue weighted by Gasteiger charge is -2.20.